The zero-order valence-corrected chi connectivity index (χ0v) is 25.5. The van der Waals surface area contributed by atoms with Gasteiger partial charge in [0.15, 0.2) is 0 Å². The van der Waals surface area contributed by atoms with Crippen molar-refractivity contribution in [1.29, 1.82) is 0 Å². The van der Waals surface area contributed by atoms with E-state index in [1.165, 1.54) is 0 Å². The topological polar surface area (TPSA) is 83.1 Å². The zero-order valence-electron chi connectivity index (χ0n) is 22.7. The predicted molar refractivity (Wildman–Crippen MR) is 165 cm³/mol. The van der Waals surface area contributed by atoms with Crippen molar-refractivity contribution in [1.82, 2.24) is 15.5 Å². The molecule has 1 aliphatic heterocycles. The monoisotopic (exact) mass is 603 g/mol. The van der Waals surface area contributed by atoms with Crippen molar-refractivity contribution in [3.8, 4) is 0 Å². The van der Waals surface area contributed by atoms with Crippen molar-refractivity contribution in [2.45, 2.75) is 43.2 Å². The molecule has 3 N–H and O–H groups in total. The van der Waals surface area contributed by atoms with Crippen LogP contribution in [0.25, 0.3) is 0 Å². The highest BCUT2D eigenvalue weighted by molar-refractivity contribution is 7.83. The van der Waals surface area contributed by atoms with Crippen molar-refractivity contribution in [2.75, 3.05) is 32.8 Å². The third-order valence-electron chi connectivity index (χ3n) is 7.18. The molecule has 4 unspecified atom stereocenters. The quantitative estimate of drug-likeness (QED) is 0.0805. The lowest BCUT2D eigenvalue weighted by molar-refractivity contribution is -0.0837. The van der Waals surface area contributed by atoms with Crippen molar-refractivity contribution in [2.24, 2.45) is 0 Å². The third kappa shape index (κ3) is 8.23. The van der Waals surface area contributed by atoms with Gasteiger partial charge in [-0.25, -0.2) is 10.6 Å². The number of hydroxylamine groups is 1. The van der Waals surface area contributed by atoms with Crippen LogP contribution in [0.1, 0.15) is 42.4 Å². The Kier molecular flexibility index (Phi) is 12.2. The Balaban J connectivity index is 1.53. The van der Waals surface area contributed by atoms with Gasteiger partial charge < -0.3 is 14.5 Å². The number of benzene rings is 3. The average Bonchev–Trinajstić information content (AvgIpc) is 2.98. The molecule has 0 amide bonds. The van der Waals surface area contributed by atoms with E-state index in [4.69, 9.17) is 25.7 Å². The third-order valence-corrected chi connectivity index (χ3v) is 9.28. The summed E-state index contributed by atoms with van der Waals surface area (Å²) in [5, 5.41) is 11.5. The summed E-state index contributed by atoms with van der Waals surface area (Å²) < 4.78 is 24.9. The van der Waals surface area contributed by atoms with Crippen LogP contribution in [0.3, 0.4) is 0 Å². The molecule has 40 heavy (non-hydrogen) atoms. The molecule has 4 atom stereocenters. The summed E-state index contributed by atoms with van der Waals surface area (Å²) in [5.41, 5.74) is 5.06. The van der Waals surface area contributed by atoms with E-state index in [0.29, 0.717) is 26.2 Å². The van der Waals surface area contributed by atoms with Crippen molar-refractivity contribution >= 4 is 27.4 Å². The Bertz CT molecular complexity index is 1100. The summed E-state index contributed by atoms with van der Waals surface area (Å²) >= 11 is 6.27. The van der Waals surface area contributed by atoms with E-state index in [2.05, 4.69) is 97.5 Å². The van der Waals surface area contributed by atoms with Gasteiger partial charge in [-0.3, -0.25) is 9.46 Å². The smallest absolute Gasteiger partial charge is 0.360 e. The first kappa shape index (κ1) is 31.3. The second-order valence-electron chi connectivity index (χ2n) is 10.0. The number of rotatable bonds is 15. The Morgan fingerprint density at radius 1 is 0.875 bits per heavy atom. The van der Waals surface area contributed by atoms with Gasteiger partial charge in [-0.15, -0.1) is 9.24 Å². The Hall–Kier alpha value is -1.63. The highest BCUT2D eigenvalue weighted by Crippen LogP contribution is 2.49. The molecular formula is C30H40ClN3O4P2. The summed E-state index contributed by atoms with van der Waals surface area (Å²) in [6, 6.07) is 31.6. The molecule has 1 heterocycles. The SMILES string of the molecule is O=P(Cl)(NCCCCCCNO)OCC1CN(C(c2ccccc2)(c2ccccc2)c2ccccc2)CC(P)O1. The van der Waals surface area contributed by atoms with Crippen LogP contribution in [-0.4, -0.2) is 54.8 Å². The molecule has 1 fully saturated rings. The predicted octanol–water partition coefficient (Wildman–Crippen LogP) is 6.37. The fourth-order valence-corrected chi connectivity index (χ4v) is 7.22. The van der Waals surface area contributed by atoms with Crippen LogP contribution < -0.4 is 10.6 Å². The highest BCUT2D eigenvalue weighted by Gasteiger charge is 2.45. The van der Waals surface area contributed by atoms with E-state index in [0.717, 1.165) is 42.4 Å². The number of nitrogens with zero attached hydrogens (tertiary/aromatic N) is 1. The van der Waals surface area contributed by atoms with Crippen LogP contribution in [0.2, 0.25) is 0 Å². The molecule has 0 bridgehead atoms. The number of halogens is 1. The van der Waals surface area contributed by atoms with Gasteiger partial charge in [0.2, 0.25) is 0 Å². The van der Waals surface area contributed by atoms with E-state index < -0.39 is 12.4 Å². The average molecular weight is 604 g/mol. The Morgan fingerprint density at radius 2 is 1.38 bits per heavy atom. The van der Waals surface area contributed by atoms with E-state index in [1.807, 2.05) is 18.2 Å². The molecule has 3 aromatic rings. The number of hydrogen-bond acceptors (Lipinski definition) is 6. The maximum Gasteiger partial charge on any atom is 0.360 e. The molecule has 0 saturated carbocycles. The minimum Gasteiger partial charge on any atom is -0.366 e. The summed E-state index contributed by atoms with van der Waals surface area (Å²) in [4.78, 5) is 2.44. The molecule has 7 nitrogen and oxygen atoms in total. The van der Waals surface area contributed by atoms with Crippen LogP contribution in [0.15, 0.2) is 91.0 Å². The van der Waals surface area contributed by atoms with E-state index in [-0.39, 0.29) is 18.6 Å². The van der Waals surface area contributed by atoms with Crippen LogP contribution in [0.5, 0.6) is 0 Å². The number of nitrogens with one attached hydrogen (secondary N) is 2. The number of unbranched alkanes of at least 4 members (excludes halogenated alkanes) is 3. The molecule has 4 rings (SSSR count). The molecule has 0 aromatic heterocycles. The lowest BCUT2D eigenvalue weighted by Crippen LogP contribution is -2.57. The van der Waals surface area contributed by atoms with Gasteiger partial charge in [0.05, 0.1) is 24.1 Å². The fourth-order valence-electron chi connectivity index (χ4n) is 5.44. The standard InChI is InChI=1S/C30H40ClN3O4P2/c31-40(36,33-21-13-2-1-12-20-32-35)37-24-28-22-34(23-29(39)38-28)30(25-14-6-3-7-15-25,26-16-8-4-9-17-26)27-18-10-5-11-19-27/h3-11,14-19,28-29,32,35H,1-2,12-13,20-24,39H2,(H,33,36). The van der Waals surface area contributed by atoms with Gasteiger partial charge in [-0.1, -0.05) is 104 Å². The summed E-state index contributed by atoms with van der Waals surface area (Å²) in [6.45, 7) is -1.12. The first-order valence-corrected chi connectivity index (χ1v) is 17.0. The summed E-state index contributed by atoms with van der Waals surface area (Å²) in [5.74, 6) is -0.158. The van der Waals surface area contributed by atoms with Crippen LogP contribution in [-0.2, 0) is 19.4 Å². The summed E-state index contributed by atoms with van der Waals surface area (Å²) in [6.07, 6.45) is 3.28. The fraction of sp³-hybridized carbons (Fsp3) is 0.400. The molecular weight excluding hydrogens is 564 g/mol. The van der Waals surface area contributed by atoms with Crippen LogP contribution in [0, 0.1) is 0 Å². The lowest BCUT2D eigenvalue weighted by Gasteiger charge is -2.50. The van der Waals surface area contributed by atoms with Gasteiger partial charge in [0, 0.05) is 26.2 Å². The Morgan fingerprint density at radius 3 is 1.88 bits per heavy atom. The summed E-state index contributed by atoms with van der Waals surface area (Å²) in [7, 11) is 2.80. The largest absolute Gasteiger partial charge is 0.366 e. The molecule has 0 radical (unpaired) electrons. The second kappa shape index (κ2) is 15.6. The first-order chi connectivity index (χ1) is 19.5. The number of hydrogen-bond donors (Lipinski definition) is 3. The zero-order chi connectivity index (χ0) is 28.3. The van der Waals surface area contributed by atoms with Crippen molar-refractivity contribution in [3.63, 3.8) is 0 Å². The molecule has 1 saturated heterocycles. The second-order valence-corrected chi connectivity index (χ2v) is 13.6. The van der Waals surface area contributed by atoms with Crippen molar-refractivity contribution in [3.05, 3.63) is 108 Å². The van der Waals surface area contributed by atoms with E-state index in [9.17, 15) is 4.57 Å². The molecule has 216 valence electrons. The minimum absolute atomic E-state index is 0.103. The van der Waals surface area contributed by atoms with Crippen LogP contribution >= 0.6 is 27.4 Å². The normalized spacial score (nSPS) is 19.8. The van der Waals surface area contributed by atoms with Crippen molar-refractivity contribution < 1.29 is 19.0 Å². The van der Waals surface area contributed by atoms with Gasteiger partial charge in [0.1, 0.15) is 0 Å². The van der Waals surface area contributed by atoms with E-state index in [1.54, 1.807) is 0 Å². The highest BCUT2D eigenvalue weighted by atomic mass is 35.7. The number of morpholine rings is 1. The molecule has 0 aliphatic carbocycles. The van der Waals surface area contributed by atoms with Gasteiger partial charge in [-0.05, 0) is 40.8 Å². The van der Waals surface area contributed by atoms with Gasteiger partial charge >= 0.3 is 6.87 Å². The first-order valence-electron chi connectivity index (χ1n) is 13.8. The molecule has 3 aromatic carbocycles. The minimum atomic E-state index is -3.51. The van der Waals surface area contributed by atoms with Gasteiger partial charge in [0.25, 0.3) is 0 Å². The molecule has 0 spiro atoms. The number of ether oxygens (including phenoxy) is 1. The molecule has 1 aliphatic rings. The Labute approximate surface area is 245 Å². The van der Waals surface area contributed by atoms with Crippen LogP contribution in [0.4, 0.5) is 0 Å². The van der Waals surface area contributed by atoms with Gasteiger partial charge in [-0.2, -0.15) is 0 Å². The maximum atomic E-state index is 12.9. The lowest BCUT2D eigenvalue weighted by atomic mass is 9.75. The molecule has 10 heteroatoms. The van der Waals surface area contributed by atoms with E-state index >= 15 is 0 Å². The maximum absolute atomic E-state index is 12.9.